The second-order valence-electron chi connectivity index (χ2n) is 11.0. The van der Waals surface area contributed by atoms with E-state index in [2.05, 4.69) is 39.0 Å². The predicted molar refractivity (Wildman–Crippen MR) is 157 cm³/mol. The number of hydrogen-bond donors (Lipinski definition) is 1. The summed E-state index contributed by atoms with van der Waals surface area (Å²) in [6.07, 6.45) is 9.93. The van der Waals surface area contributed by atoms with Gasteiger partial charge in [-0.05, 0) is 78.1 Å². The van der Waals surface area contributed by atoms with Crippen LogP contribution < -0.4 is 4.72 Å². The van der Waals surface area contributed by atoms with Crippen molar-refractivity contribution in [2.75, 3.05) is 11.3 Å². The summed E-state index contributed by atoms with van der Waals surface area (Å²) < 4.78 is 23.6. The molecule has 0 unspecified atom stereocenters. The summed E-state index contributed by atoms with van der Waals surface area (Å²) in [4.78, 5) is 3.51. The Labute approximate surface area is 235 Å². The van der Waals surface area contributed by atoms with E-state index in [9.17, 15) is 4.39 Å². The topological polar surface area (TPSA) is 41.3 Å². The van der Waals surface area contributed by atoms with Crippen LogP contribution in [0.25, 0.3) is 11.3 Å². The van der Waals surface area contributed by atoms with E-state index in [1.54, 1.807) is 6.07 Å². The fourth-order valence-electron chi connectivity index (χ4n) is 5.94. The van der Waals surface area contributed by atoms with E-state index >= 15 is 0 Å². The molecule has 2 heterocycles. The van der Waals surface area contributed by atoms with Crippen LogP contribution in [0, 0.1) is 11.7 Å². The number of benzene rings is 3. The maximum atomic E-state index is 14.8. The van der Waals surface area contributed by atoms with E-state index in [0.717, 1.165) is 72.3 Å². The minimum atomic E-state index is -0.169. The first-order valence-corrected chi connectivity index (χ1v) is 15.1. The standard InChI is InChI=1S/C33H36FN3OS/c34-31-19-25(10-6-9-24-7-4-5-8-24)13-16-32(31)36-39-30-15-14-28-22-37(18-17-27(28)20-30)23-29-21-33(38-35-29)26-11-2-1-3-12-26/h1-3,11-16,19-21,24,36H,4-10,17-18,22-23H2. The van der Waals surface area contributed by atoms with Gasteiger partial charge in [0.25, 0.3) is 0 Å². The molecule has 3 aromatic carbocycles. The van der Waals surface area contributed by atoms with Crippen molar-refractivity contribution in [1.29, 1.82) is 0 Å². The Hall–Kier alpha value is -3.09. The number of fused-ring (bicyclic) bond motifs is 1. The van der Waals surface area contributed by atoms with E-state index in [4.69, 9.17) is 4.52 Å². The highest BCUT2D eigenvalue weighted by molar-refractivity contribution is 8.00. The summed E-state index contributed by atoms with van der Waals surface area (Å²) in [5.74, 6) is 1.54. The van der Waals surface area contributed by atoms with Crippen molar-refractivity contribution < 1.29 is 8.91 Å². The Balaban J connectivity index is 0.998. The van der Waals surface area contributed by atoms with Crippen LogP contribution in [-0.2, 0) is 25.9 Å². The molecular formula is C33H36FN3OS. The molecule has 0 amide bonds. The quantitative estimate of drug-likeness (QED) is 0.203. The van der Waals surface area contributed by atoms with Crippen LogP contribution >= 0.6 is 11.9 Å². The molecule has 0 radical (unpaired) electrons. The van der Waals surface area contributed by atoms with Gasteiger partial charge in [-0.25, -0.2) is 4.39 Å². The number of aryl methyl sites for hydroxylation is 1. The highest BCUT2D eigenvalue weighted by Crippen LogP contribution is 2.31. The molecule has 202 valence electrons. The second kappa shape index (κ2) is 12.4. The van der Waals surface area contributed by atoms with Crippen LogP contribution in [0.3, 0.4) is 0 Å². The van der Waals surface area contributed by atoms with E-state index in [0.29, 0.717) is 5.69 Å². The van der Waals surface area contributed by atoms with Crippen LogP contribution in [0.4, 0.5) is 10.1 Å². The molecule has 0 saturated heterocycles. The maximum Gasteiger partial charge on any atom is 0.167 e. The molecule has 0 bridgehead atoms. The number of aromatic nitrogens is 1. The van der Waals surface area contributed by atoms with Crippen molar-refractivity contribution in [3.05, 3.63) is 101 Å². The molecule has 2 aliphatic rings. The first kappa shape index (κ1) is 26.1. The molecule has 1 aromatic heterocycles. The van der Waals surface area contributed by atoms with Gasteiger partial charge in [-0.3, -0.25) is 4.90 Å². The number of nitrogens with zero attached hydrogens (tertiary/aromatic N) is 2. The van der Waals surface area contributed by atoms with Gasteiger partial charge in [0, 0.05) is 36.2 Å². The van der Waals surface area contributed by atoms with Crippen LogP contribution in [-0.4, -0.2) is 16.6 Å². The molecule has 1 aliphatic heterocycles. The van der Waals surface area contributed by atoms with Crippen molar-refractivity contribution in [3.8, 4) is 11.3 Å². The average molecular weight is 542 g/mol. The lowest BCUT2D eigenvalue weighted by atomic mass is 9.98. The SMILES string of the molecule is Fc1cc(CCCC2CCCC2)ccc1NSc1ccc2c(c1)CCN(Cc1cc(-c3ccccc3)on1)C2. The Morgan fingerprint density at radius 3 is 2.69 bits per heavy atom. The molecule has 4 nitrogen and oxygen atoms in total. The summed E-state index contributed by atoms with van der Waals surface area (Å²) in [6, 6.07) is 24.3. The van der Waals surface area contributed by atoms with Crippen molar-refractivity contribution in [2.24, 2.45) is 5.92 Å². The van der Waals surface area contributed by atoms with E-state index in [1.807, 2.05) is 42.5 Å². The number of rotatable bonds is 10. The molecule has 1 saturated carbocycles. The van der Waals surface area contributed by atoms with Crippen molar-refractivity contribution in [3.63, 3.8) is 0 Å². The minimum absolute atomic E-state index is 0.169. The smallest absolute Gasteiger partial charge is 0.167 e. The largest absolute Gasteiger partial charge is 0.356 e. The lowest BCUT2D eigenvalue weighted by Gasteiger charge is -2.28. The molecule has 0 spiro atoms. The van der Waals surface area contributed by atoms with Gasteiger partial charge in [0.15, 0.2) is 5.76 Å². The zero-order chi connectivity index (χ0) is 26.4. The van der Waals surface area contributed by atoms with Gasteiger partial charge in [-0.1, -0.05) is 79.7 Å². The third-order valence-electron chi connectivity index (χ3n) is 8.14. The first-order chi connectivity index (χ1) is 19.2. The predicted octanol–water partition coefficient (Wildman–Crippen LogP) is 8.67. The Morgan fingerprint density at radius 2 is 1.85 bits per heavy atom. The molecule has 6 heteroatoms. The van der Waals surface area contributed by atoms with Gasteiger partial charge in [0.05, 0.1) is 11.4 Å². The molecule has 1 fully saturated rings. The monoisotopic (exact) mass is 541 g/mol. The third kappa shape index (κ3) is 6.74. The number of halogens is 1. The van der Waals surface area contributed by atoms with Crippen LogP contribution in [0.15, 0.2) is 82.2 Å². The van der Waals surface area contributed by atoms with Crippen molar-refractivity contribution in [1.82, 2.24) is 10.1 Å². The van der Waals surface area contributed by atoms with Crippen LogP contribution in [0.2, 0.25) is 0 Å². The van der Waals surface area contributed by atoms with Gasteiger partial charge in [-0.2, -0.15) is 0 Å². The Morgan fingerprint density at radius 1 is 0.974 bits per heavy atom. The lowest BCUT2D eigenvalue weighted by molar-refractivity contribution is 0.237. The van der Waals surface area contributed by atoms with E-state index < -0.39 is 0 Å². The number of anilines is 1. The second-order valence-corrected chi connectivity index (χ2v) is 11.9. The summed E-state index contributed by atoms with van der Waals surface area (Å²) >= 11 is 1.48. The van der Waals surface area contributed by atoms with Crippen molar-refractivity contribution in [2.45, 2.75) is 69.4 Å². The molecule has 1 N–H and O–H groups in total. The van der Waals surface area contributed by atoms with Gasteiger partial charge in [-0.15, -0.1) is 0 Å². The Kier molecular flexibility index (Phi) is 8.31. The van der Waals surface area contributed by atoms with Crippen LogP contribution in [0.1, 0.15) is 60.9 Å². The molecule has 1 aliphatic carbocycles. The highest BCUT2D eigenvalue weighted by Gasteiger charge is 2.19. The van der Waals surface area contributed by atoms with Gasteiger partial charge in [0.1, 0.15) is 5.82 Å². The van der Waals surface area contributed by atoms with E-state index in [1.165, 1.54) is 55.2 Å². The van der Waals surface area contributed by atoms with Crippen LogP contribution in [0.5, 0.6) is 0 Å². The molecule has 39 heavy (non-hydrogen) atoms. The van der Waals surface area contributed by atoms with Gasteiger partial charge < -0.3 is 9.25 Å². The lowest BCUT2D eigenvalue weighted by Crippen LogP contribution is -2.30. The molecule has 0 atom stereocenters. The molecule has 6 rings (SSSR count). The fourth-order valence-corrected chi connectivity index (χ4v) is 6.68. The Bertz CT molecular complexity index is 1380. The summed E-state index contributed by atoms with van der Waals surface area (Å²) in [5, 5.41) is 4.29. The highest BCUT2D eigenvalue weighted by atomic mass is 32.2. The zero-order valence-electron chi connectivity index (χ0n) is 22.4. The normalized spacial score (nSPS) is 15.9. The molecule has 4 aromatic rings. The summed E-state index contributed by atoms with van der Waals surface area (Å²) in [5.41, 5.74) is 6.35. The molecular weight excluding hydrogens is 505 g/mol. The fraction of sp³-hybridized carbons (Fsp3) is 0.364. The van der Waals surface area contributed by atoms with Gasteiger partial charge in [0.2, 0.25) is 0 Å². The van der Waals surface area contributed by atoms with Gasteiger partial charge >= 0.3 is 0 Å². The summed E-state index contributed by atoms with van der Waals surface area (Å²) in [7, 11) is 0. The average Bonchev–Trinajstić information content (AvgIpc) is 3.66. The van der Waals surface area contributed by atoms with E-state index in [-0.39, 0.29) is 5.82 Å². The van der Waals surface area contributed by atoms with Crippen molar-refractivity contribution >= 4 is 17.6 Å². The maximum absolute atomic E-state index is 14.8. The summed E-state index contributed by atoms with van der Waals surface area (Å²) in [6.45, 7) is 2.63. The third-order valence-corrected chi connectivity index (χ3v) is 8.95. The zero-order valence-corrected chi connectivity index (χ0v) is 23.2. The first-order valence-electron chi connectivity index (χ1n) is 14.3. The number of hydrogen-bond acceptors (Lipinski definition) is 5. The minimum Gasteiger partial charge on any atom is -0.356 e. The number of nitrogens with one attached hydrogen (secondary N) is 1.